The minimum absolute atomic E-state index is 0.154. The zero-order valence-electron chi connectivity index (χ0n) is 18.1. The van der Waals surface area contributed by atoms with Crippen LogP contribution in [0.3, 0.4) is 0 Å². The van der Waals surface area contributed by atoms with Crippen LogP contribution in [0.1, 0.15) is 19.8 Å². The van der Waals surface area contributed by atoms with Crippen LogP contribution in [0.2, 0.25) is 5.02 Å². The molecule has 31 heavy (non-hydrogen) atoms. The number of likely N-dealkylation sites (tertiary alicyclic amines) is 1. The highest BCUT2D eigenvalue weighted by Crippen LogP contribution is 2.36. The van der Waals surface area contributed by atoms with Crippen LogP contribution in [0, 0.1) is 5.92 Å². The van der Waals surface area contributed by atoms with E-state index in [0.29, 0.717) is 23.1 Å². The Bertz CT molecular complexity index is 1030. The van der Waals surface area contributed by atoms with E-state index in [0.717, 1.165) is 42.4 Å². The van der Waals surface area contributed by atoms with Gasteiger partial charge in [-0.05, 0) is 67.7 Å². The van der Waals surface area contributed by atoms with E-state index in [9.17, 15) is 5.11 Å². The third kappa shape index (κ3) is 5.00. The van der Waals surface area contributed by atoms with Crippen LogP contribution in [-0.2, 0) is 0 Å². The highest BCUT2D eigenvalue weighted by atomic mass is 35.5. The fourth-order valence-electron chi connectivity index (χ4n) is 4.01. The topological polar surface area (TPSA) is 46.9 Å². The number of halogens is 1. The van der Waals surface area contributed by atoms with E-state index >= 15 is 0 Å². The van der Waals surface area contributed by atoms with Gasteiger partial charge in [0.25, 0.3) is 0 Å². The molecule has 0 saturated carbocycles. The van der Waals surface area contributed by atoms with Gasteiger partial charge >= 0.3 is 0 Å². The number of benzene rings is 2. The first-order chi connectivity index (χ1) is 15.0. The van der Waals surface area contributed by atoms with Gasteiger partial charge in [-0.1, -0.05) is 30.7 Å². The van der Waals surface area contributed by atoms with E-state index in [2.05, 4.69) is 11.8 Å². The van der Waals surface area contributed by atoms with E-state index in [4.69, 9.17) is 21.1 Å². The zero-order valence-corrected chi connectivity index (χ0v) is 18.8. The van der Waals surface area contributed by atoms with Gasteiger partial charge in [-0.15, -0.1) is 0 Å². The van der Waals surface area contributed by atoms with Crippen molar-refractivity contribution in [1.82, 2.24) is 9.47 Å². The van der Waals surface area contributed by atoms with Crippen LogP contribution in [-0.4, -0.2) is 47.9 Å². The van der Waals surface area contributed by atoms with Gasteiger partial charge in [0.15, 0.2) is 11.5 Å². The first-order valence-corrected chi connectivity index (χ1v) is 11.1. The van der Waals surface area contributed by atoms with Gasteiger partial charge in [-0.2, -0.15) is 0 Å². The number of aromatic hydroxyl groups is 1. The second-order valence-corrected chi connectivity index (χ2v) is 8.58. The van der Waals surface area contributed by atoms with Crippen molar-refractivity contribution >= 4 is 11.6 Å². The fourth-order valence-corrected chi connectivity index (χ4v) is 4.20. The van der Waals surface area contributed by atoms with Crippen molar-refractivity contribution in [2.75, 3.05) is 33.4 Å². The van der Waals surface area contributed by atoms with Gasteiger partial charge in [0.2, 0.25) is 5.88 Å². The van der Waals surface area contributed by atoms with Gasteiger partial charge in [0, 0.05) is 29.4 Å². The van der Waals surface area contributed by atoms with Crippen LogP contribution in [0.5, 0.6) is 17.4 Å². The summed E-state index contributed by atoms with van der Waals surface area (Å²) in [6.07, 6.45) is 4.34. The lowest BCUT2D eigenvalue weighted by molar-refractivity contribution is 0.158. The number of piperidine rings is 1. The van der Waals surface area contributed by atoms with Gasteiger partial charge in [-0.3, -0.25) is 9.47 Å². The average molecular weight is 441 g/mol. The molecule has 164 valence electrons. The summed E-state index contributed by atoms with van der Waals surface area (Å²) in [6, 6.07) is 15.0. The summed E-state index contributed by atoms with van der Waals surface area (Å²) in [5, 5.41) is 11.5. The number of aromatic nitrogens is 1. The minimum Gasteiger partial charge on any atom is -0.494 e. The molecule has 6 heteroatoms. The molecule has 1 aromatic heterocycles. The van der Waals surface area contributed by atoms with E-state index in [1.54, 1.807) is 11.7 Å². The summed E-state index contributed by atoms with van der Waals surface area (Å²) >= 11 is 6.11. The molecule has 0 spiro atoms. The molecule has 0 bridgehead atoms. The summed E-state index contributed by atoms with van der Waals surface area (Å²) in [4.78, 5) is 2.45. The van der Waals surface area contributed by atoms with E-state index < -0.39 is 0 Å². The summed E-state index contributed by atoms with van der Waals surface area (Å²) in [5.41, 5.74) is 2.39. The maximum absolute atomic E-state index is 10.9. The smallest absolute Gasteiger partial charge is 0.203 e. The van der Waals surface area contributed by atoms with Crippen molar-refractivity contribution in [3.8, 4) is 34.2 Å². The second-order valence-electron chi connectivity index (χ2n) is 8.14. The Morgan fingerprint density at radius 2 is 1.87 bits per heavy atom. The van der Waals surface area contributed by atoms with Crippen molar-refractivity contribution in [3.05, 3.63) is 59.8 Å². The summed E-state index contributed by atoms with van der Waals surface area (Å²) in [5.74, 6) is 2.32. The second kappa shape index (κ2) is 9.67. The Kier molecular flexibility index (Phi) is 6.73. The van der Waals surface area contributed by atoms with E-state index in [-0.39, 0.29) is 5.88 Å². The molecule has 1 saturated heterocycles. The number of rotatable bonds is 7. The van der Waals surface area contributed by atoms with Crippen molar-refractivity contribution in [1.29, 1.82) is 0 Å². The molecule has 1 aliphatic rings. The molecule has 1 N–H and O–H groups in total. The van der Waals surface area contributed by atoms with Crippen molar-refractivity contribution in [2.24, 2.45) is 5.92 Å². The zero-order chi connectivity index (χ0) is 21.8. The maximum Gasteiger partial charge on any atom is 0.203 e. The van der Waals surface area contributed by atoms with Crippen LogP contribution in [0.15, 0.2) is 54.7 Å². The summed E-state index contributed by atoms with van der Waals surface area (Å²) in [6.45, 7) is 6.07. The predicted molar refractivity (Wildman–Crippen MR) is 125 cm³/mol. The maximum atomic E-state index is 10.9. The first kappa shape index (κ1) is 21.6. The Hall–Kier alpha value is -2.63. The SMILES string of the molecule is COc1ccc(-n2ccc(-c3cccc(Cl)c3)c2O)cc1OCCN1CCC(C)CC1. The highest BCUT2D eigenvalue weighted by molar-refractivity contribution is 6.30. The average Bonchev–Trinajstić information content (AvgIpc) is 3.16. The molecule has 2 heterocycles. The molecule has 4 rings (SSSR count). The number of hydrogen-bond acceptors (Lipinski definition) is 4. The molecule has 0 aliphatic carbocycles. The standard InChI is InChI=1S/C25H29ClN2O3/c1-18-8-11-27(12-9-18)14-15-31-24-17-21(6-7-23(24)30-2)28-13-10-22(25(28)29)19-4-3-5-20(26)16-19/h3-7,10,13,16-18,29H,8-9,11-12,14-15H2,1-2H3. The molecule has 0 atom stereocenters. The van der Waals surface area contributed by atoms with Crippen molar-refractivity contribution in [2.45, 2.75) is 19.8 Å². The largest absolute Gasteiger partial charge is 0.494 e. The van der Waals surface area contributed by atoms with Gasteiger partial charge in [-0.25, -0.2) is 0 Å². The van der Waals surface area contributed by atoms with Crippen LogP contribution in [0.25, 0.3) is 16.8 Å². The quantitative estimate of drug-likeness (QED) is 0.517. The Morgan fingerprint density at radius 3 is 2.61 bits per heavy atom. The lowest BCUT2D eigenvalue weighted by atomic mass is 9.99. The van der Waals surface area contributed by atoms with Crippen LogP contribution >= 0.6 is 11.6 Å². The van der Waals surface area contributed by atoms with Crippen LogP contribution in [0.4, 0.5) is 0 Å². The third-order valence-corrected chi connectivity index (χ3v) is 6.20. The number of nitrogens with zero attached hydrogens (tertiary/aromatic N) is 2. The molecule has 3 aromatic rings. The summed E-state index contributed by atoms with van der Waals surface area (Å²) < 4.78 is 13.3. The first-order valence-electron chi connectivity index (χ1n) is 10.7. The number of hydrogen-bond donors (Lipinski definition) is 1. The molecule has 5 nitrogen and oxygen atoms in total. The van der Waals surface area contributed by atoms with Crippen LogP contribution < -0.4 is 9.47 Å². The molecule has 0 radical (unpaired) electrons. The molecular weight excluding hydrogens is 412 g/mol. The molecule has 2 aromatic carbocycles. The Morgan fingerprint density at radius 1 is 1.06 bits per heavy atom. The molecule has 0 unspecified atom stereocenters. The number of methoxy groups -OCH3 is 1. The molecule has 1 aliphatic heterocycles. The lowest BCUT2D eigenvalue weighted by Gasteiger charge is -2.30. The van der Waals surface area contributed by atoms with E-state index in [1.165, 1.54) is 12.8 Å². The molecule has 0 amide bonds. The molecule has 1 fully saturated rings. The van der Waals surface area contributed by atoms with Crippen molar-refractivity contribution in [3.63, 3.8) is 0 Å². The monoisotopic (exact) mass is 440 g/mol. The van der Waals surface area contributed by atoms with Gasteiger partial charge in [0.05, 0.1) is 12.8 Å². The Labute approximate surface area is 188 Å². The minimum atomic E-state index is 0.154. The third-order valence-electron chi connectivity index (χ3n) is 5.96. The fraction of sp³-hybridized carbons (Fsp3) is 0.360. The number of ether oxygens (including phenoxy) is 2. The summed E-state index contributed by atoms with van der Waals surface area (Å²) in [7, 11) is 1.64. The normalized spacial score (nSPS) is 15.2. The Balaban J connectivity index is 1.51. The van der Waals surface area contributed by atoms with Gasteiger partial charge < -0.3 is 14.6 Å². The van der Waals surface area contributed by atoms with E-state index in [1.807, 2.05) is 54.7 Å². The van der Waals surface area contributed by atoms with Gasteiger partial charge in [0.1, 0.15) is 6.61 Å². The predicted octanol–water partition coefficient (Wildman–Crippen LogP) is 5.62. The highest BCUT2D eigenvalue weighted by Gasteiger charge is 2.17. The lowest BCUT2D eigenvalue weighted by Crippen LogP contribution is -2.35. The molecular formula is C25H29ClN2O3. The van der Waals surface area contributed by atoms with Crippen molar-refractivity contribution < 1.29 is 14.6 Å².